The van der Waals surface area contributed by atoms with Crippen LogP contribution in [0.5, 0.6) is 5.75 Å². The highest BCUT2D eigenvalue weighted by Gasteiger charge is 2.36. The fourth-order valence-corrected chi connectivity index (χ4v) is 2.88. The van der Waals surface area contributed by atoms with Gasteiger partial charge in [0.15, 0.2) is 0 Å². The molecule has 0 saturated heterocycles. The molecule has 0 radical (unpaired) electrons. The van der Waals surface area contributed by atoms with Gasteiger partial charge < -0.3 is 15.0 Å². The van der Waals surface area contributed by atoms with Gasteiger partial charge in [0.25, 0.3) is 0 Å². The summed E-state index contributed by atoms with van der Waals surface area (Å²) in [6.07, 6.45) is 2.07. The topological polar surface area (TPSA) is 24.5 Å². The Morgan fingerprint density at radius 3 is 2.57 bits per heavy atom. The van der Waals surface area contributed by atoms with Crippen molar-refractivity contribution in [3.8, 4) is 5.75 Å². The summed E-state index contributed by atoms with van der Waals surface area (Å²) in [6.45, 7) is 10.8. The minimum Gasteiger partial charge on any atom is -0.487 e. The molecule has 1 aliphatic heterocycles. The van der Waals surface area contributed by atoms with Crippen LogP contribution in [0.3, 0.4) is 0 Å². The van der Waals surface area contributed by atoms with Gasteiger partial charge in [0, 0.05) is 31.1 Å². The van der Waals surface area contributed by atoms with Crippen LogP contribution < -0.4 is 10.1 Å². The normalized spacial score (nSPS) is 24.8. The molecule has 0 bridgehead atoms. The van der Waals surface area contributed by atoms with E-state index in [0.29, 0.717) is 6.04 Å². The predicted octanol–water partition coefficient (Wildman–Crippen LogP) is 3.45. The van der Waals surface area contributed by atoms with Crippen LogP contribution in [0.4, 0.5) is 0 Å². The first-order chi connectivity index (χ1) is 9.84. The van der Waals surface area contributed by atoms with Crippen LogP contribution in [-0.2, 0) is 0 Å². The largest absolute Gasteiger partial charge is 0.487 e. The van der Waals surface area contributed by atoms with Gasteiger partial charge in [-0.15, -0.1) is 0 Å². The van der Waals surface area contributed by atoms with Gasteiger partial charge in [-0.25, -0.2) is 0 Å². The van der Waals surface area contributed by atoms with Crippen LogP contribution in [0, 0.1) is 13.8 Å². The molecule has 118 valence electrons. The first kappa shape index (κ1) is 16.3. The third kappa shape index (κ3) is 3.78. The van der Waals surface area contributed by atoms with E-state index in [1.54, 1.807) is 0 Å². The SMILES string of the molecule is CCC1(C)CC(NCCN(C)C)c2cc(C)c(C)cc2O1. The molecule has 0 aliphatic carbocycles. The maximum absolute atomic E-state index is 6.31. The van der Waals surface area contributed by atoms with Gasteiger partial charge in [0.1, 0.15) is 11.4 Å². The molecule has 0 saturated carbocycles. The summed E-state index contributed by atoms with van der Waals surface area (Å²) in [5.41, 5.74) is 3.91. The van der Waals surface area contributed by atoms with E-state index >= 15 is 0 Å². The number of aryl methyl sites for hydroxylation is 2. The van der Waals surface area contributed by atoms with Crippen molar-refractivity contribution in [3.05, 3.63) is 28.8 Å². The van der Waals surface area contributed by atoms with Gasteiger partial charge in [-0.2, -0.15) is 0 Å². The zero-order valence-electron chi connectivity index (χ0n) is 14.4. The van der Waals surface area contributed by atoms with E-state index in [4.69, 9.17) is 4.74 Å². The first-order valence-corrected chi connectivity index (χ1v) is 8.03. The fourth-order valence-electron chi connectivity index (χ4n) is 2.88. The third-order valence-electron chi connectivity index (χ3n) is 4.69. The minimum absolute atomic E-state index is 0.0650. The molecule has 3 heteroatoms. The molecule has 3 nitrogen and oxygen atoms in total. The highest BCUT2D eigenvalue weighted by atomic mass is 16.5. The van der Waals surface area contributed by atoms with E-state index in [2.05, 4.69) is 64.1 Å². The summed E-state index contributed by atoms with van der Waals surface area (Å²) < 4.78 is 6.31. The number of likely N-dealkylation sites (N-methyl/N-ethyl adjacent to an activating group) is 1. The minimum atomic E-state index is -0.0650. The Morgan fingerprint density at radius 1 is 1.29 bits per heavy atom. The Bertz CT molecular complexity index is 498. The number of nitrogens with zero attached hydrogens (tertiary/aromatic N) is 1. The molecule has 1 aromatic carbocycles. The maximum atomic E-state index is 6.31. The molecule has 2 unspecified atom stereocenters. The van der Waals surface area contributed by atoms with Crippen LogP contribution in [0.25, 0.3) is 0 Å². The Balaban J connectivity index is 2.25. The van der Waals surface area contributed by atoms with E-state index in [1.165, 1.54) is 16.7 Å². The summed E-state index contributed by atoms with van der Waals surface area (Å²) in [5.74, 6) is 1.07. The van der Waals surface area contributed by atoms with Crippen molar-refractivity contribution in [2.45, 2.75) is 52.2 Å². The second kappa shape index (κ2) is 6.37. The van der Waals surface area contributed by atoms with E-state index in [9.17, 15) is 0 Å². The van der Waals surface area contributed by atoms with E-state index in [-0.39, 0.29) is 5.60 Å². The molecule has 0 amide bonds. The molecular weight excluding hydrogens is 260 g/mol. The molecule has 0 spiro atoms. The maximum Gasteiger partial charge on any atom is 0.125 e. The summed E-state index contributed by atoms with van der Waals surface area (Å²) in [5, 5.41) is 3.72. The molecule has 1 aliphatic rings. The summed E-state index contributed by atoms with van der Waals surface area (Å²) >= 11 is 0. The smallest absolute Gasteiger partial charge is 0.125 e. The Hall–Kier alpha value is -1.06. The lowest BCUT2D eigenvalue weighted by Crippen LogP contribution is -2.42. The van der Waals surface area contributed by atoms with Gasteiger partial charge in [-0.05, 0) is 58.5 Å². The number of benzene rings is 1. The predicted molar refractivity (Wildman–Crippen MR) is 89.2 cm³/mol. The molecule has 0 aromatic heterocycles. The average molecular weight is 290 g/mol. The molecule has 1 N–H and O–H groups in total. The lowest BCUT2D eigenvalue weighted by molar-refractivity contribution is 0.0439. The van der Waals surface area contributed by atoms with Gasteiger partial charge in [0.05, 0.1) is 0 Å². The molecular formula is C18H30N2O. The third-order valence-corrected chi connectivity index (χ3v) is 4.69. The molecule has 1 heterocycles. The molecule has 0 fully saturated rings. The molecule has 1 aromatic rings. The van der Waals surface area contributed by atoms with Gasteiger partial charge in [-0.3, -0.25) is 0 Å². The lowest BCUT2D eigenvalue weighted by atomic mass is 9.85. The fraction of sp³-hybridized carbons (Fsp3) is 0.667. The van der Waals surface area contributed by atoms with Crippen LogP contribution in [0.2, 0.25) is 0 Å². The van der Waals surface area contributed by atoms with Gasteiger partial charge >= 0.3 is 0 Å². The van der Waals surface area contributed by atoms with Crippen molar-refractivity contribution in [3.63, 3.8) is 0 Å². The Labute approximate surface area is 129 Å². The number of fused-ring (bicyclic) bond motifs is 1. The van der Waals surface area contributed by atoms with Crippen molar-refractivity contribution in [1.82, 2.24) is 10.2 Å². The van der Waals surface area contributed by atoms with Crippen molar-refractivity contribution >= 4 is 0 Å². The zero-order chi connectivity index (χ0) is 15.6. The average Bonchev–Trinajstić information content (AvgIpc) is 2.40. The quantitative estimate of drug-likeness (QED) is 0.899. The van der Waals surface area contributed by atoms with Crippen LogP contribution in [0.1, 0.15) is 49.4 Å². The second-order valence-corrected chi connectivity index (χ2v) is 6.89. The Morgan fingerprint density at radius 2 is 1.95 bits per heavy atom. The number of rotatable bonds is 5. The van der Waals surface area contributed by atoms with Gasteiger partial charge in [0.2, 0.25) is 0 Å². The summed E-state index contributed by atoms with van der Waals surface area (Å²) in [7, 11) is 4.23. The zero-order valence-corrected chi connectivity index (χ0v) is 14.4. The number of hydrogen-bond acceptors (Lipinski definition) is 3. The van der Waals surface area contributed by atoms with Crippen LogP contribution in [-0.4, -0.2) is 37.7 Å². The Kier molecular flexibility index (Phi) is 4.95. The number of hydrogen-bond donors (Lipinski definition) is 1. The van der Waals surface area contributed by atoms with Crippen molar-refractivity contribution < 1.29 is 4.74 Å². The highest BCUT2D eigenvalue weighted by Crippen LogP contribution is 2.42. The molecule has 21 heavy (non-hydrogen) atoms. The van der Waals surface area contributed by atoms with E-state index in [1.807, 2.05) is 0 Å². The summed E-state index contributed by atoms with van der Waals surface area (Å²) in [4.78, 5) is 2.21. The molecule has 2 rings (SSSR count). The van der Waals surface area contributed by atoms with Crippen molar-refractivity contribution in [1.29, 1.82) is 0 Å². The second-order valence-electron chi connectivity index (χ2n) is 6.89. The first-order valence-electron chi connectivity index (χ1n) is 8.03. The van der Waals surface area contributed by atoms with Crippen LogP contribution >= 0.6 is 0 Å². The standard InChI is InChI=1S/C18H30N2O/c1-7-18(4)12-16(19-8-9-20(5)6)15-10-13(2)14(3)11-17(15)21-18/h10-11,16,19H,7-9,12H2,1-6H3. The number of ether oxygens (including phenoxy) is 1. The van der Waals surface area contributed by atoms with E-state index < -0.39 is 0 Å². The van der Waals surface area contributed by atoms with E-state index in [0.717, 1.165) is 31.7 Å². The van der Waals surface area contributed by atoms with Crippen LogP contribution in [0.15, 0.2) is 12.1 Å². The monoisotopic (exact) mass is 290 g/mol. The highest BCUT2D eigenvalue weighted by molar-refractivity contribution is 5.45. The lowest BCUT2D eigenvalue weighted by Gasteiger charge is -2.40. The number of nitrogens with one attached hydrogen (secondary N) is 1. The van der Waals surface area contributed by atoms with Crippen molar-refractivity contribution in [2.24, 2.45) is 0 Å². The van der Waals surface area contributed by atoms with Crippen molar-refractivity contribution in [2.75, 3.05) is 27.2 Å². The summed E-state index contributed by atoms with van der Waals surface area (Å²) in [6, 6.07) is 4.89. The van der Waals surface area contributed by atoms with Gasteiger partial charge in [-0.1, -0.05) is 13.0 Å². The molecule has 2 atom stereocenters.